The summed E-state index contributed by atoms with van der Waals surface area (Å²) in [5.74, 6) is 1.56. The lowest BCUT2D eigenvalue weighted by atomic mass is 10.2. The van der Waals surface area contributed by atoms with Crippen molar-refractivity contribution < 1.29 is 13.5 Å². The van der Waals surface area contributed by atoms with Crippen LogP contribution in [0, 0.1) is 0 Å². The summed E-state index contributed by atoms with van der Waals surface area (Å²) in [6.07, 6.45) is 1.74. The van der Waals surface area contributed by atoms with Gasteiger partial charge in [-0.15, -0.1) is 0 Å². The second-order valence-corrected chi connectivity index (χ2v) is 5.65. The number of pyridine rings is 1. The third-order valence-corrected chi connectivity index (χ3v) is 3.60. The fourth-order valence-electron chi connectivity index (χ4n) is 2.41. The van der Waals surface area contributed by atoms with E-state index < -0.39 is 6.61 Å². The molecule has 0 unspecified atom stereocenters. The average molecular weight is 363 g/mol. The molecular weight excluding hydrogens is 340 g/mol. The minimum Gasteiger partial charge on any atom is -0.434 e. The number of ether oxygens (including phenoxy) is 1. The van der Waals surface area contributed by atoms with E-state index >= 15 is 0 Å². The zero-order valence-corrected chi connectivity index (χ0v) is 15.0. The highest BCUT2D eigenvalue weighted by Gasteiger charge is 2.10. The van der Waals surface area contributed by atoms with E-state index in [0.29, 0.717) is 24.6 Å². The van der Waals surface area contributed by atoms with Gasteiger partial charge in [0.25, 0.3) is 0 Å². The number of para-hydroxylation sites is 1. The number of nitrogens with zero attached hydrogens (tertiary/aromatic N) is 3. The van der Waals surface area contributed by atoms with Crippen molar-refractivity contribution in [2.45, 2.75) is 19.7 Å². The number of nitrogens with one attached hydrogen (secondary N) is 2. The van der Waals surface area contributed by atoms with Gasteiger partial charge in [-0.1, -0.05) is 24.3 Å². The van der Waals surface area contributed by atoms with Gasteiger partial charge >= 0.3 is 6.61 Å². The zero-order chi connectivity index (χ0) is 18.9. The molecule has 2 aromatic rings. The van der Waals surface area contributed by atoms with Crippen LogP contribution in [0.25, 0.3) is 0 Å². The molecule has 140 valence electrons. The van der Waals surface area contributed by atoms with E-state index in [4.69, 9.17) is 0 Å². The highest BCUT2D eigenvalue weighted by molar-refractivity contribution is 5.79. The number of halogens is 2. The first-order valence-corrected chi connectivity index (χ1v) is 8.09. The number of guanidine groups is 1. The van der Waals surface area contributed by atoms with E-state index in [0.717, 1.165) is 11.4 Å². The topological polar surface area (TPSA) is 61.8 Å². The van der Waals surface area contributed by atoms with E-state index in [1.165, 1.54) is 6.07 Å². The Hall–Kier alpha value is -2.90. The Morgan fingerprint density at radius 3 is 2.42 bits per heavy atom. The van der Waals surface area contributed by atoms with Gasteiger partial charge in [-0.25, -0.2) is 4.98 Å². The molecule has 0 aliphatic carbocycles. The third-order valence-electron chi connectivity index (χ3n) is 3.60. The maximum atomic E-state index is 12.5. The summed E-state index contributed by atoms with van der Waals surface area (Å²) in [5, 5.41) is 6.29. The Labute approximate surface area is 151 Å². The molecule has 2 rings (SSSR count). The molecule has 26 heavy (non-hydrogen) atoms. The first-order valence-electron chi connectivity index (χ1n) is 8.09. The van der Waals surface area contributed by atoms with Gasteiger partial charge < -0.3 is 20.3 Å². The molecule has 0 fully saturated rings. The van der Waals surface area contributed by atoms with Crippen LogP contribution in [-0.4, -0.2) is 38.7 Å². The van der Waals surface area contributed by atoms with Crippen molar-refractivity contribution in [3.8, 4) is 5.75 Å². The third kappa shape index (κ3) is 5.58. The number of benzene rings is 1. The number of alkyl halides is 2. The van der Waals surface area contributed by atoms with Crippen LogP contribution < -0.4 is 20.3 Å². The lowest BCUT2D eigenvalue weighted by Gasteiger charge is -2.18. The van der Waals surface area contributed by atoms with Crippen LogP contribution in [0.1, 0.15) is 11.1 Å². The van der Waals surface area contributed by atoms with Crippen LogP contribution in [0.3, 0.4) is 0 Å². The average Bonchev–Trinajstić information content (AvgIpc) is 2.62. The molecule has 0 aliphatic heterocycles. The smallest absolute Gasteiger partial charge is 0.387 e. The molecule has 1 aromatic carbocycles. The standard InChI is InChI=1S/C18H23F2N5O/c1-21-18(24-12-14-8-6-10-22-16(14)25(2)3)23-11-13-7-4-5-9-15(13)26-17(19)20/h4-10,17H,11-12H2,1-3H3,(H2,21,23,24). The molecule has 0 atom stereocenters. The van der Waals surface area contributed by atoms with Gasteiger partial charge in [-0.3, -0.25) is 4.99 Å². The summed E-state index contributed by atoms with van der Waals surface area (Å²) in [6.45, 7) is -2.03. The predicted octanol–water partition coefficient (Wildman–Crippen LogP) is 2.61. The lowest BCUT2D eigenvalue weighted by Crippen LogP contribution is -2.36. The lowest BCUT2D eigenvalue weighted by molar-refractivity contribution is -0.0504. The molecule has 6 nitrogen and oxygen atoms in total. The summed E-state index contributed by atoms with van der Waals surface area (Å²) >= 11 is 0. The van der Waals surface area contributed by atoms with Gasteiger partial charge in [0.05, 0.1) is 0 Å². The van der Waals surface area contributed by atoms with Crippen LogP contribution in [0.15, 0.2) is 47.6 Å². The zero-order valence-electron chi connectivity index (χ0n) is 15.0. The Kier molecular flexibility index (Phi) is 7.13. The quantitative estimate of drug-likeness (QED) is 0.585. The van der Waals surface area contributed by atoms with Crippen LogP contribution in [0.4, 0.5) is 14.6 Å². The van der Waals surface area contributed by atoms with Crippen molar-refractivity contribution in [2.24, 2.45) is 4.99 Å². The second-order valence-electron chi connectivity index (χ2n) is 5.65. The highest BCUT2D eigenvalue weighted by atomic mass is 19.3. The first kappa shape index (κ1) is 19.4. The van der Waals surface area contributed by atoms with Crippen molar-refractivity contribution in [3.63, 3.8) is 0 Å². The molecule has 0 saturated carbocycles. The Balaban J connectivity index is 1.97. The van der Waals surface area contributed by atoms with E-state index in [1.807, 2.05) is 31.1 Å². The van der Waals surface area contributed by atoms with Gasteiger partial charge in [0.2, 0.25) is 0 Å². The van der Waals surface area contributed by atoms with Crippen molar-refractivity contribution in [1.82, 2.24) is 15.6 Å². The van der Waals surface area contributed by atoms with Crippen LogP contribution in [-0.2, 0) is 13.1 Å². The Bertz CT molecular complexity index is 737. The van der Waals surface area contributed by atoms with Crippen LogP contribution in [0.5, 0.6) is 5.75 Å². The number of hydrogen-bond donors (Lipinski definition) is 2. The normalized spacial score (nSPS) is 11.4. The first-order chi connectivity index (χ1) is 12.5. The summed E-state index contributed by atoms with van der Waals surface area (Å²) in [6, 6.07) is 10.5. The van der Waals surface area contributed by atoms with Crippen LogP contribution >= 0.6 is 0 Å². The molecule has 0 aliphatic rings. The van der Waals surface area contributed by atoms with Crippen molar-refractivity contribution in [3.05, 3.63) is 53.7 Å². The fourth-order valence-corrected chi connectivity index (χ4v) is 2.41. The molecule has 0 spiro atoms. The van der Waals surface area contributed by atoms with E-state index in [9.17, 15) is 8.78 Å². The van der Waals surface area contributed by atoms with Gasteiger partial charge in [0.1, 0.15) is 11.6 Å². The predicted molar refractivity (Wildman–Crippen MR) is 98.7 cm³/mol. The Morgan fingerprint density at radius 2 is 1.77 bits per heavy atom. The van der Waals surface area contributed by atoms with Crippen LogP contribution in [0.2, 0.25) is 0 Å². The molecule has 1 aromatic heterocycles. The van der Waals surface area contributed by atoms with Gasteiger partial charge in [0, 0.05) is 51.6 Å². The molecule has 0 radical (unpaired) electrons. The van der Waals surface area contributed by atoms with Crippen molar-refractivity contribution >= 4 is 11.8 Å². The summed E-state index contributed by atoms with van der Waals surface area (Å²) in [4.78, 5) is 10.4. The minimum atomic E-state index is -2.86. The van der Waals surface area contributed by atoms with E-state index in [-0.39, 0.29) is 5.75 Å². The summed E-state index contributed by atoms with van der Waals surface area (Å²) in [7, 11) is 5.50. The molecule has 8 heteroatoms. The number of anilines is 1. The van der Waals surface area contributed by atoms with Crippen molar-refractivity contribution in [1.29, 1.82) is 0 Å². The van der Waals surface area contributed by atoms with Gasteiger partial charge in [-0.05, 0) is 12.1 Å². The molecule has 1 heterocycles. The SMILES string of the molecule is CN=C(NCc1ccccc1OC(F)F)NCc1cccnc1N(C)C. The number of aliphatic imine (C=N–C) groups is 1. The van der Waals surface area contributed by atoms with Crippen molar-refractivity contribution in [2.75, 3.05) is 26.0 Å². The summed E-state index contributed by atoms with van der Waals surface area (Å²) < 4.78 is 29.5. The fraction of sp³-hybridized carbons (Fsp3) is 0.333. The van der Waals surface area contributed by atoms with E-state index in [2.05, 4.69) is 25.3 Å². The highest BCUT2D eigenvalue weighted by Crippen LogP contribution is 2.20. The molecule has 2 N–H and O–H groups in total. The molecule has 0 amide bonds. The van der Waals surface area contributed by atoms with Gasteiger partial charge in [0.15, 0.2) is 5.96 Å². The molecule has 0 bridgehead atoms. The molecular formula is C18H23F2N5O. The summed E-state index contributed by atoms with van der Waals surface area (Å²) in [5.41, 5.74) is 1.63. The Morgan fingerprint density at radius 1 is 1.12 bits per heavy atom. The molecule has 0 saturated heterocycles. The number of hydrogen-bond acceptors (Lipinski definition) is 4. The number of rotatable bonds is 7. The largest absolute Gasteiger partial charge is 0.434 e. The monoisotopic (exact) mass is 363 g/mol. The van der Waals surface area contributed by atoms with E-state index in [1.54, 1.807) is 31.4 Å². The van der Waals surface area contributed by atoms with Gasteiger partial charge in [-0.2, -0.15) is 8.78 Å². The maximum absolute atomic E-state index is 12.5. The number of aromatic nitrogens is 1. The second kappa shape index (κ2) is 9.55. The minimum absolute atomic E-state index is 0.146. The maximum Gasteiger partial charge on any atom is 0.387 e.